The molecule has 106 valence electrons. The molecule has 2 heterocycles. The maximum atomic E-state index is 4.49. The fourth-order valence-corrected chi connectivity index (χ4v) is 2.79. The summed E-state index contributed by atoms with van der Waals surface area (Å²) in [5.74, 6) is 0. The molecule has 1 saturated heterocycles. The summed E-state index contributed by atoms with van der Waals surface area (Å²) in [6.07, 6.45) is 6.62. The fourth-order valence-electron chi connectivity index (χ4n) is 2.79. The summed E-state index contributed by atoms with van der Waals surface area (Å²) in [5.41, 5.74) is 1.04. The molecule has 0 aromatic carbocycles. The minimum absolute atomic E-state index is 0.240. The maximum Gasteiger partial charge on any atom is 0.0772 e. The summed E-state index contributed by atoms with van der Waals surface area (Å²) in [7, 11) is 4.41. The Kier molecular flexibility index (Phi) is 5.24. The van der Waals surface area contributed by atoms with Gasteiger partial charge in [-0.05, 0) is 40.2 Å². The molecule has 5 heteroatoms. The quantitative estimate of drug-likeness (QED) is 0.869. The van der Waals surface area contributed by atoms with Crippen molar-refractivity contribution in [1.82, 2.24) is 25.1 Å². The molecule has 5 nitrogen and oxygen atoms in total. The Labute approximate surface area is 116 Å². The van der Waals surface area contributed by atoms with Gasteiger partial charge in [0, 0.05) is 25.0 Å². The number of rotatable bonds is 4. The highest BCUT2D eigenvalue weighted by Crippen LogP contribution is 2.21. The van der Waals surface area contributed by atoms with Crippen LogP contribution in [0.25, 0.3) is 0 Å². The predicted molar refractivity (Wildman–Crippen MR) is 77.0 cm³/mol. The number of hydrogen-bond acceptors (Lipinski definition) is 5. The van der Waals surface area contributed by atoms with Crippen molar-refractivity contribution in [3.63, 3.8) is 0 Å². The van der Waals surface area contributed by atoms with Crippen LogP contribution in [0.5, 0.6) is 0 Å². The first-order valence-electron chi connectivity index (χ1n) is 7.10. The second kappa shape index (κ2) is 6.93. The highest BCUT2D eigenvalue weighted by Gasteiger charge is 2.29. The van der Waals surface area contributed by atoms with Crippen molar-refractivity contribution < 1.29 is 0 Å². The van der Waals surface area contributed by atoms with E-state index >= 15 is 0 Å². The summed E-state index contributed by atoms with van der Waals surface area (Å²) in [6.45, 7) is 6.45. The van der Waals surface area contributed by atoms with Gasteiger partial charge in [-0.2, -0.15) is 0 Å². The first-order valence-corrected chi connectivity index (χ1v) is 7.10. The first-order chi connectivity index (χ1) is 9.22. The van der Waals surface area contributed by atoms with Gasteiger partial charge in [-0.25, -0.2) is 0 Å². The van der Waals surface area contributed by atoms with Crippen LogP contribution >= 0.6 is 0 Å². The van der Waals surface area contributed by atoms with Crippen LogP contribution in [0.15, 0.2) is 18.6 Å². The van der Waals surface area contributed by atoms with Crippen LogP contribution in [-0.2, 0) is 0 Å². The van der Waals surface area contributed by atoms with Crippen LogP contribution in [0.4, 0.5) is 0 Å². The highest BCUT2D eigenvalue weighted by molar-refractivity contribution is 5.07. The Morgan fingerprint density at radius 3 is 2.89 bits per heavy atom. The fraction of sp³-hybridized carbons (Fsp3) is 0.714. The maximum absolute atomic E-state index is 4.49. The van der Waals surface area contributed by atoms with Gasteiger partial charge in [-0.15, -0.1) is 0 Å². The standard InChI is InChI=1S/C14H25N5/c1-4-16-14(12-10-15-6-7-17-12)13-11-18(2)8-5-9-19(13)3/h6-7,10,13-14,16H,4-5,8-9,11H2,1-3H3. The molecule has 0 radical (unpaired) electrons. The lowest BCUT2D eigenvalue weighted by molar-refractivity contribution is 0.177. The Balaban J connectivity index is 2.21. The van der Waals surface area contributed by atoms with Crippen LogP contribution in [0.2, 0.25) is 0 Å². The van der Waals surface area contributed by atoms with E-state index in [-0.39, 0.29) is 6.04 Å². The van der Waals surface area contributed by atoms with Gasteiger partial charge in [0.2, 0.25) is 0 Å². The predicted octanol–water partition coefficient (Wildman–Crippen LogP) is 0.763. The molecule has 1 N–H and O–H groups in total. The van der Waals surface area contributed by atoms with E-state index in [2.05, 4.69) is 46.1 Å². The zero-order valence-corrected chi connectivity index (χ0v) is 12.2. The van der Waals surface area contributed by atoms with Crippen LogP contribution in [0, 0.1) is 0 Å². The lowest BCUT2D eigenvalue weighted by atomic mass is 10.0. The van der Waals surface area contributed by atoms with Crippen molar-refractivity contribution >= 4 is 0 Å². The lowest BCUT2D eigenvalue weighted by Crippen LogP contribution is -2.47. The third kappa shape index (κ3) is 3.72. The normalized spacial score (nSPS) is 24.1. The highest BCUT2D eigenvalue weighted by atomic mass is 15.2. The van der Waals surface area contributed by atoms with Crippen molar-refractivity contribution in [2.45, 2.75) is 25.4 Å². The van der Waals surface area contributed by atoms with Crippen LogP contribution in [0.1, 0.15) is 25.1 Å². The van der Waals surface area contributed by atoms with Gasteiger partial charge in [0.1, 0.15) is 0 Å². The summed E-state index contributed by atoms with van der Waals surface area (Å²) < 4.78 is 0. The molecule has 1 aromatic heterocycles. The first kappa shape index (κ1) is 14.4. The van der Waals surface area contributed by atoms with E-state index in [0.29, 0.717) is 6.04 Å². The molecule has 0 aliphatic carbocycles. The monoisotopic (exact) mass is 263 g/mol. The van der Waals surface area contributed by atoms with E-state index < -0.39 is 0 Å². The summed E-state index contributed by atoms with van der Waals surface area (Å²) in [4.78, 5) is 13.6. The van der Waals surface area contributed by atoms with Gasteiger partial charge in [0.25, 0.3) is 0 Å². The number of hydrogen-bond donors (Lipinski definition) is 1. The molecule has 1 fully saturated rings. The van der Waals surface area contributed by atoms with Gasteiger partial charge < -0.3 is 15.1 Å². The summed E-state index contributed by atoms with van der Waals surface area (Å²) in [5, 5.41) is 3.58. The smallest absolute Gasteiger partial charge is 0.0772 e. The minimum Gasteiger partial charge on any atom is -0.308 e. The van der Waals surface area contributed by atoms with Gasteiger partial charge in [-0.3, -0.25) is 9.97 Å². The second-order valence-corrected chi connectivity index (χ2v) is 5.33. The molecule has 0 amide bonds. The van der Waals surface area contributed by atoms with Crippen LogP contribution in [-0.4, -0.2) is 66.1 Å². The number of aromatic nitrogens is 2. The van der Waals surface area contributed by atoms with E-state index in [9.17, 15) is 0 Å². The third-order valence-electron chi connectivity index (χ3n) is 3.83. The van der Waals surface area contributed by atoms with Crippen molar-refractivity contribution in [2.24, 2.45) is 0 Å². The van der Waals surface area contributed by atoms with Crippen molar-refractivity contribution in [2.75, 3.05) is 40.3 Å². The van der Waals surface area contributed by atoms with Crippen molar-refractivity contribution in [1.29, 1.82) is 0 Å². The van der Waals surface area contributed by atoms with Gasteiger partial charge in [0.05, 0.1) is 17.9 Å². The molecule has 0 saturated carbocycles. The van der Waals surface area contributed by atoms with E-state index in [1.54, 1.807) is 12.4 Å². The average molecular weight is 263 g/mol. The third-order valence-corrected chi connectivity index (χ3v) is 3.83. The molecule has 0 spiro atoms. The molecule has 1 aliphatic heterocycles. The molecule has 1 aliphatic rings. The zero-order chi connectivity index (χ0) is 13.7. The number of nitrogens with zero attached hydrogens (tertiary/aromatic N) is 4. The van der Waals surface area contributed by atoms with Crippen molar-refractivity contribution in [3.05, 3.63) is 24.3 Å². The molecule has 2 rings (SSSR count). The molecular formula is C14H25N5. The molecule has 19 heavy (non-hydrogen) atoms. The molecule has 0 bridgehead atoms. The molecule has 1 aromatic rings. The van der Waals surface area contributed by atoms with E-state index in [0.717, 1.165) is 25.3 Å². The Morgan fingerprint density at radius 2 is 2.21 bits per heavy atom. The topological polar surface area (TPSA) is 44.3 Å². The Bertz CT molecular complexity index is 369. The van der Waals surface area contributed by atoms with E-state index in [1.807, 2.05) is 6.20 Å². The molecule has 2 unspecified atom stereocenters. The minimum atomic E-state index is 0.240. The number of likely N-dealkylation sites (N-methyl/N-ethyl adjacent to an activating group) is 3. The van der Waals surface area contributed by atoms with E-state index in [1.165, 1.54) is 13.0 Å². The summed E-state index contributed by atoms with van der Waals surface area (Å²) >= 11 is 0. The van der Waals surface area contributed by atoms with Gasteiger partial charge >= 0.3 is 0 Å². The SMILES string of the molecule is CCNC(c1cnccn1)C1CN(C)CCCN1C. The average Bonchev–Trinajstić information content (AvgIpc) is 2.59. The Hall–Kier alpha value is -1.04. The second-order valence-electron chi connectivity index (χ2n) is 5.33. The van der Waals surface area contributed by atoms with Gasteiger partial charge in [-0.1, -0.05) is 6.92 Å². The van der Waals surface area contributed by atoms with E-state index in [4.69, 9.17) is 0 Å². The van der Waals surface area contributed by atoms with Crippen LogP contribution < -0.4 is 5.32 Å². The largest absolute Gasteiger partial charge is 0.308 e. The molecular weight excluding hydrogens is 238 g/mol. The van der Waals surface area contributed by atoms with Crippen LogP contribution in [0.3, 0.4) is 0 Å². The molecule has 2 atom stereocenters. The zero-order valence-electron chi connectivity index (χ0n) is 12.2. The van der Waals surface area contributed by atoms with Gasteiger partial charge in [0.15, 0.2) is 0 Å². The number of nitrogens with one attached hydrogen (secondary N) is 1. The van der Waals surface area contributed by atoms with Crippen molar-refractivity contribution in [3.8, 4) is 0 Å². The summed E-state index contributed by atoms with van der Waals surface area (Å²) in [6, 6.07) is 0.674. The lowest BCUT2D eigenvalue weighted by Gasteiger charge is -2.34. The Morgan fingerprint density at radius 1 is 1.37 bits per heavy atom.